The van der Waals surface area contributed by atoms with Gasteiger partial charge < -0.3 is 21.3 Å². The van der Waals surface area contributed by atoms with Crippen LogP contribution in [0.3, 0.4) is 0 Å². The lowest BCUT2D eigenvalue weighted by Gasteiger charge is -2.14. The second-order valence-electron chi connectivity index (χ2n) is 3.05. The molecule has 0 amide bonds. The van der Waals surface area contributed by atoms with Crippen molar-refractivity contribution in [3.63, 3.8) is 0 Å². The van der Waals surface area contributed by atoms with Crippen LogP contribution in [0.1, 0.15) is 22.0 Å². The summed E-state index contributed by atoms with van der Waals surface area (Å²) in [5, 5.41) is 9.59. The van der Waals surface area contributed by atoms with Gasteiger partial charge in [0, 0.05) is 12.2 Å². The third kappa shape index (κ3) is 2.26. The number of ether oxygens (including phenoxy) is 1. The Morgan fingerprint density at radius 2 is 2.27 bits per heavy atom. The maximum Gasteiger partial charge on any atom is 0.340 e. The van der Waals surface area contributed by atoms with E-state index in [0.717, 1.165) is 0 Å². The van der Waals surface area contributed by atoms with E-state index >= 15 is 0 Å². The number of aliphatic hydroxyl groups is 1. The van der Waals surface area contributed by atoms with E-state index in [0.29, 0.717) is 5.56 Å². The highest BCUT2D eigenvalue weighted by atomic mass is 16.5. The van der Waals surface area contributed by atoms with Gasteiger partial charge in [-0.2, -0.15) is 0 Å². The van der Waals surface area contributed by atoms with Crippen molar-refractivity contribution in [3.8, 4) is 0 Å². The molecule has 0 aliphatic carbocycles. The molecule has 1 atom stereocenters. The molecule has 0 fully saturated rings. The van der Waals surface area contributed by atoms with Gasteiger partial charge in [-0.1, -0.05) is 12.1 Å². The van der Waals surface area contributed by atoms with Gasteiger partial charge in [-0.15, -0.1) is 0 Å². The summed E-state index contributed by atoms with van der Waals surface area (Å²) < 4.78 is 4.58. The van der Waals surface area contributed by atoms with Gasteiger partial charge in [0.25, 0.3) is 0 Å². The van der Waals surface area contributed by atoms with Crippen molar-refractivity contribution in [3.05, 3.63) is 29.3 Å². The summed E-state index contributed by atoms with van der Waals surface area (Å²) in [6.07, 6.45) is -0.914. The van der Waals surface area contributed by atoms with E-state index in [-0.39, 0.29) is 17.8 Å². The molecule has 1 rings (SSSR count). The number of benzene rings is 1. The lowest BCUT2D eigenvalue weighted by molar-refractivity contribution is 0.0595. The van der Waals surface area contributed by atoms with Crippen LogP contribution >= 0.6 is 0 Å². The van der Waals surface area contributed by atoms with E-state index in [9.17, 15) is 9.90 Å². The smallest absolute Gasteiger partial charge is 0.340 e. The zero-order valence-electron chi connectivity index (χ0n) is 8.43. The molecule has 0 heterocycles. The van der Waals surface area contributed by atoms with Crippen LogP contribution in [0.15, 0.2) is 18.2 Å². The molecule has 5 nitrogen and oxygen atoms in total. The van der Waals surface area contributed by atoms with E-state index < -0.39 is 12.1 Å². The van der Waals surface area contributed by atoms with E-state index in [1.54, 1.807) is 18.2 Å². The highest BCUT2D eigenvalue weighted by Crippen LogP contribution is 2.23. The zero-order chi connectivity index (χ0) is 11.4. The predicted molar refractivity (Wildman–Crippen MR) is 56.2 cm³/mol. The second-order valence-corrected chi connectivity index (χ2v) is 3.05. The van der Waals surface area contributed by atoms with Crippen LogP contribution in [0.4, 0.5) is 5.69 Å². The van der Waals surface area contributed by atoms with Crippen molar-refractivity contribution in [2.24, 2.45) is 5.73 Å². The average molecular weight is 210 g/mol. The maximum atomic E-state index is 11.4. The first-order chi connectivity index (χ1) is 7.11. The monoisotopic (exact) mass is 210 g/mol. The number of esters is 1. The fraction of sp³-hybridized carbons (Fsp3) is 0.300. The molecular weight excluding hydrogens is 196 g/mol. The minimum atomic E-state index is -0.914. The molecule has 15 heavy (non-hydrogen) atoms. The van der Waals surface area contributed by atoms with Gasteiger partial charge in [0.05, 0.1) is 18.8 Å². The number of anilines is 1. The number of rotatable bonds is 3. The van der Waals surface area contributed by atoms with E-state index in [1.807, 2.05) is 0 Å². The van der Waals surface area contributed by atoms with Crippen LogP contribution in [0.5, 0.6) is 0 Å². The average Bonchev–Trinajstić information content (AvgIpc) is 2.26. The third-order valence-corrected chi connectivity index (χ3v) is 2.10. The van der Waals surface area contributed by atoms with Crippen LogP contribution in [-0.4, -0.2) is 24.7 Å². The molecule has 0 bridgehead atoms. The molecule has 1 aromatic rings. The molecule has 0 saturated carbocycles. The van der Waals surface area contributed by atoms with E-state index in [4.69, 9.17) is 11.5 Å². The summed E-state index contributed by atoms with van der Waals surface area (Å²) in [5.41, 5.74) is 11.8. The molecule has 1 unspecified atom stereocenters. The number of carbonyl (C=O) groups is 1. The number of aliphatic hydroxyl groups excluding tert-OH is 1. The van der Waals surface area contributed by atoms with Crippen molar-refractivity contribution in [2.75, 3.05) is 19.4 Å². The minimum Gasteiger partial charge on any atom is -0.465 e. The van der Waals surface area contributed by atoms with Gasteiger partial charge in [-0.3, -0.25) is 0 Å². The molecule has 0 saturated heterocycles. The number of methoxy groups -OCH3 is 1. The Kier molecular flexibility index (Phi) is 3.65. The van der Waals surface area contributed by atoms with Crippen LogP contribution in [0.25, 0.3) is 0 Å². The maximum absolute atomic E-state index is 11.4. The van der Waals surface area contributed by atoms with E-state index in [1.165, 1.54) is 7.11 Å². The largest absolute Gasteiger partial charge is 0.465 e. The third-order valence-electron chi connectivity index (χ3n) is 2.10. The SMILES string of the molecule is COC(=O)c1c(N)cccc1C(O)CN. The molecule has 82 valence electrons. The predicted octanol–water partition coefficient (Wildman–Crippen LogP) is 0.0475. The van der Waals surface area contributed by atoms with Gasteiger partial charge in [-0.05, 0) is 11.6 Å². The van der Waals surface area contributed by atoms with Gasteiger partial charge in [0.1, 0.15) is 0 Å². The van der Waals surface area contributed by atoms with Crippen molar-refractivity contribution >= 4 is 11.7 Å². The Balaban J connectivity index is 3.26. The highest BCUT2D eigenvalue weighted by Gasteiger charge is 2.19. The van der Waals surface area contributed by atoms with Crippen molar-refractivity contribution in [1.29, 1.82) is 0 Å². The molecule has 1 aromatic carbocycles. The number of nitrogen functional groups attached to an aromatic ring is 1. The first-order valence-electron chi connectivity index (χ1n) is 4.46. The summed E-state index contributed by atoms with van der Waals surface area (Å²) in [5.74, 6) is -0.574. The lowest BCUT2D eigenvalue weighted by Crippen LogP contribution is -2.17. The Hall–Kier alpha value is -1.59. The van der Waals surface area contributed by atoms with E-state index in [2.05, 4.69) is 4.74 Å². The fourth-order valence-corrected chi connectivity index (χ4v) is 1.33. The van der Waals surface area contributed by atoms with Crippen LogP contribution in [0.2, 0.25) is 0 Å². The molecule has 0 aliphatic heterocycles. The molecule has 0 aliphatic rings. The van der Waals surface area contributed by atoms with Crippen molar-refractivity contribution in [2.45, 2.75) is 6.10 Å². The van der Waals surface area contributed by atoms with Crippen molar-refractivity contribution < 1.29 is 14.6 Å². The molecule has 5 heteroatoms. The summed E-state index contributed by atoms with van der Waals surface area (Å²) in [7, 11) is 1.26. The molecule has 5 N–H and O–H groups in total. The normalized spacial score (nSPS) is 12.2. The Labute approximate surface area is 87.6 Å². The standard InChI is InChI=1S/C10H14N2O3/c1-15-10(14)9-6(8(13)5-11)3-2-4-7(9)12/h2-4,8,13H,5,11-12H2,1H3. The minimum absolute atomic E-state index is 0.0213. The molecular formula is C10H14N2O3. The molecule has 0 radical (unpaired) electrons. The lowest BCUT2D eigenvalue weighted by atomic mass is 10.0. The first-order valence-corrected chi connectivity index (χ1v) is 4.46. The summed E-state index contributed by atoms with van der Waals surface area (Å²) in [6, 6.07) is 4.81. The van der Waals surface area contributed by atoms with Crippen LogP contribution < -0.4 is 11.5 Å². The topological polar surface area (TPSA) is 98.6 Å². The van der Waals surface area contributed by atoms with Crippen LogP contribution in [-0.2, 0) is 4.74 Å². The fourth-order valence-electron chi connectivity index (χ4n) is 1.33. The molecule has 0 spiro atoms. The Morgan fingerprint density at radius 3 is 2.80 bits per heavy atom. The zero-order valence-corrected chi connectivity index (χ0v) is 8.43. The number of nitrogens with two attached hydrogens (primary N) is 2. The van der Waals surface area contributed by atoms with Gasteiger partial charge in [-0.25, -0.2) is 4.79 Å². The Bertz CT molecular complexity index is 366. The number of hydrogen-bond acceptors (Lipinski definition) is 5. The Morgan fingerprint density at radius 1 is 1.60 bits per heavy atom. The van der Waals surface area contributed by atoms with Gasteiger partial charge >= 0.3 is 5.97 Å². The summed E-state index contributed by atoms with van der Waals surface area (Å²) >= 11 is 0. The number of carbonyl (C=O) groups excluding carboxylic acids is 1. The number of hydrogen-bond donors (Lipinski definition) is 3. The summed E-state index contributed by atoms with van der Waals surface area (Å²) in [6.45, 7) is 0.0213. The second kappa shape index (κ2) is 4.77. The van der Waals surface area contributed by atoms with Crippen molar-refractivity contribution in [1.82, 2.24) is 0 Å². The quantitative estimate of drug-likeness (QED) is 0.483. The van der Waals surface area contributed by atoms with Gasteiger partial charge in [0.15, 0.2) is 0 Å². The highest BCUT2D eigenvalue weighted by molar-refractivity contribution is 5.96. The molecule has 0 aromatic heterocycles. The summed E-state index contributed by atoms with van der Waals surface area (Å²) in [4.78, 5) is 11.4. The first kappa shape index (κ1) is 11.5. The van der Waals surface area contributed by atoms with Gasteiger partial charge in [0.2, 0.25) is 0 Å². The van der Waals surface area contributed by atoms with Crippen LogP contribution in [0, 0.1) is 0 Å².